The monoisotopic (exact) mass is 293 g/mol. The van der Waals surface area contributed by atoms with Crippen molar-refractivity contribution in [3.05, 3.63) is 0 Å². The molecule has 114 valence electrons. The summed E-state index contributed by atoms with van der Waals surface area (Å²) in [7, 11) is 0. The number of esters is 1. The standard InChI is InChI=1S/C14H27NO3.ClH/c1-11(2)8-12(10-15)9-14(16)18-7-5-13-4-3-6-17-13;/h11-13H,3-10,15H2,1-2H3;1H/t12-,13?;/m0./s1. The van der Waals surface area contributed by atoms with E-state index in [1.54, 1.807) is 0 Å². The van der Waals surface area contributed by atoms with Crippen LogP contribution in [0.5, 0.6) is 0 Å². The largest absolute Gasteiger partial charge is 0.466 e. The maximum absolute atomic E-state index is 11.6. The van der Waals surface area contributed by atoms with Gasteiger partial charge in [0, 0.05) is 19.4 Å². The van der Waals surface area contributed by atoms with E-state index < -0.39 is 0 Å². The molecule has 1 unspecified atom stereocenters. The smallest absolute Gasteiger partial charge is 0.306 e. The molecule has 1 fully saturated rings. The van der Waals surface area contributed by atoms with Crippen molar-refractivity contribution in [2.24, 2.45) is 17.6 Å². The molecule has 1 rings (SSSR count). The third-order valence-corrected chi connectivity index (χ3v) is 3.32. The van der Waals surface area contributed by atoms with Crippen LogP contribution in [0.15, 0.2) is 0 Å². The summed E-state index contributed by atoms with van der Waals surface area (Å²) >= 11 is 0. The predicted molar refractivity (Wildman–Crippen MR) is 78.4 cm³/mol. The number of rotatable bonds is 8. The third-order valence-electron chi connectivity index (χ3n) is 3.32. The highest BCUT2D eigenvalue weighted by atomic mass is 35.5. The molecule has 0 aliphatic carbocycles. The summed E-state index contributed by atoms with van der Waals surface area (Å²) in [5.41, 5.74) is 5.67. The van der Waals surface area contributed by atoms with Crippen LogP contribution in [0.25, 0.3) is 0 Å². The van der Waals surface area contributed by atoms with Crippen molar-refractivity contribution in [3.8, 4) is 0 Å². The SMILES string of the molecule is CC(C)C[C@H](CN)CC(=O)OCCC1CCCO1.Cl. The first-order chi connectivity index (χ1) is 8.61. The first-order valence-corrected chi connectivity index (χ1v) is 7.09. The number of carbonyl (C=O) groups is 1. The molecule has 0 aromatic heterocycles. The zero-order valence-electron chi connectivity index (χ0n) is 12.1. The van der Waals surface area contributed by atoms with Crippen LogP contribution in [-0.4, -0.2) is 31.8 Å². The summed E-state index contributed by atoms with van der Waals surface area (Å²) in [6.45, 7) is 6.17. The summed E-state index contributed by atoms with van der Waals surface area (Å²) in [6.07, 6.45) is 4.76. The van der Waals surface area contributed by atoms with Crippen LogP contribution >= 0.6 is 12.4 Å². The van der Waals surface area contributed by atoms with Crippen LogP contribution in [0.2, 0.25) is 0 Å². The molecule has 0 radical (unpaired) electrons. The lowest BCUT2D eigenvalue weighted by Crippen LogP contribution is -2.22. The molecule has 0 bridgehead atoms. The van der Waals surface area contributed by atoms with E-state index in [0.717, 1.165) is 32.3 Å². The van der Waals surface area contributed by atoms with E-state index in [0.29, 0.717) is 31.6 Å². The Balaban J connectivity index is 0.00000324. The highest BCUT2D eigenvalue weighted by molar-refractivity contribution is 5.85. The highest BCUT2D eigenvalue weighted by Crippen LogP contribution is 2.17. The quantitative estimate of drug-likeness (QED) is 0.699. The molecule has 0 aromatic rings. The summed E-state index contributed by atoms with van der Waals surface area (Å²) < 4.78 is 10.7. The van der Waals surface area contributed by atoms with Gasteiger partial charge in [-0.15, -0.1) is 12.4 Å². The average molecular weight is 294 g/mol. The molecule has 1 aliphatic heterocycles. The van der Waals surface area contributed by atoms with E-state index in [2.05, 4.69) is 13.8 Å². The van der Waals surface area contributed by atoms with Crippen molar-refractivity contribution in [2.75, 3.05) is 19.8 Å². The maximum Gasteiger partial charge on any atom is 0.306 e. The van der Waals surface area contributed by atoms with Gasteiger partial charge < -0.3 is 15.2 Å². The lowest BCUT2D eigenvalue weighted by molar-refractivity contribution is -0.145. The second-order valence-electron chi connectivity index (χ2n) is 5.58. The molecule has 4 nitrogen and oxygen atoms in total. The fourth-order valence-corrected chi connectivity index (χ4v) is 2.40. The Morgan fingerprint density at radius 2 is 2.21 bits per heavy atom. The van der Waals surface area contributed by atoms with E-state index in [1.807, 2.05) is 0 Å². The zero-order valence-corrected chi connectivity index (χ0v) is 12.9. The van der Waals surface area contributed by atoms with Gasteiger partial charge in [-0.3, -0.25) is 4.79 Å². The van der Waals surface area contributed by atoms with Gasteiger partial charge in [-0.05, 0) is 37.6 Å². The fraction of sp³-hybridized carbons (Fsp3) is 0.929. The van der Waals surface area contributed by atoms with Crippen molar-refractivity contribution in [2.45, 2.75) is 52.1 Å². The molecule has 2 N–H and O–H groups in total. The number of hydrogen-bond donors (Lipinski definition) is 1. The summed E-state index contributed by atoms with van der Waals surface area (Å²) in [6, 6.07) is 0. The number of ether oxygens (including phenoxy) is 2. The van der Waals surface area contributed by atoms with Crippen LogP contribution in [-0.2, 0) is 14.3 Å². The van der Waals surface area contributed by atoms with Crippen LogP contribution in [0, 0.1) is 11.8 Å². The molecule has 0 saturated carbocycles. The maximum atomic E-state index is 11.6. The molecule has 1 heterocycles. The van der Waals surface area contributed by atoms with Crippen molar-refractivity contribution < 1.29 is 14.3 Å². The first-order valence-electron chi connectivity index (χ1n) is 7.09. The topological polar surface area (TPSA) is 61.6 Å². The van der Waals surface area contributed by atoms with Gasteiger partial charge in [0.2, 0.25) is 0 Å². The van der Waals surface area contributed by atoms with E-state index in [9.17, 15) is 4.79 Å². The van der Waals surface area contributed by atoms with Crippen LogP contribution in [0.4, 0.5) is 0 Å². The number of hydrogen-bond acceptors (Lipinski definition) is 4. The van der Waals surface area contributed by atoms with Gasteiger partial charge in [-0.2, -0.15) is 0 Å². The molecule has 1 saturated heterocycles. The minimum absolute atomic E-state index is 0. The summed E-state index contributed by atoms with van der Waals surface area (Å²) in [4.78, 5) is 11.6. The first kappa shape index (κ1) is 18.7. The number of nitrogens with two attached hydrogens (primary N) is 1. The second-order valence-corrected chi connectivity index (χ2v) is 5.58. The van der Waals surface area contributed by atoms with Gasteiger partial charge in [-0.25, -0.2) is 0 Å². The predicted octanol–water partition coefficient (Wildman–Crippen LogP) is 2.53. The Hall–Kier alpha value is -0.320. The van der Waals surface area contributed by atoms with Gasteiger partial charge in [0.25, 0.3) is 0 Å². The molecule has 1 aliphatic rings. The van der Waals surface area contributed by atoms with Gasteiger partial charge in [-0.1, -0.05) is 13.8 Å². The Kier molecular flexibility index (Phi) is 10.3. The Morgan fingerprint density at radius 1 is 1.47 bits per heavy atom. The Morgan fingerprint density at radius 3 is 2.74 bits per heavy atom. The van der Waals surface area contributed by atoms with E-state index in [4.69, 9.17) is 15.2 Å². The zero-order chi connectivity index (χ0) is 13.4. The summed E-state index contributed by atoms with van der Waals surface area (Å²) in [5.74, 6) is 0.697. The molecule has 19 heavy (non-hydrogen) atoms. The van der Waals surface area contributed by atoms with E-state index in [1.165, 1.54) is 0 Å². The molecule has 0 amide bonds. The van der Waals surface area contributed by atoms with Crippen LogP contribution in [0.3, 0.4) is 0 Å². The van der Waals surface area contributed by atoms with Crippen LogP contribution in [0.1, 0.15) is 46.0 Å². The third kappa shape index (κ3) is 8.45. The van der Waals surface area contributed by atoms with E-state index >= 15 is 0 Å². The second kappa shape index (κ2) is 10.5. The molecule has 0 aromatic carbocycles. The average Bonchev–Trinajstić information content (AvgIpc) is 2.80. The van der Waals surface area contributed by atoms with Crippen molar-refractivity contribution in [1.29, 1.82) is 0 Å². The molecule has 5 heteroatoms. The van der Waals surface area contributed by atoms with Crippen molar-refractivity contribution in [1.82, 2.24) is 0 Å². The lowest BCUT2D eigenvalue weighted by Gasteiger charge is -2.16. The Labute approximate surface area is 122 Å². The minimum atomic E-state index is -0.121. The Bertz CT molecular complexity index is 243. The molecular weight excluding hydrogens is 266 g/mol. The van der Waals surface area contributed by atoms with Crippen molar-refractivity contribution >= 4 is 18.4 Å². The normalized spacial score (nSPS) is 20.1. The summed E-state index contributed by atoms with van der Waals surface area (Å²) in [5, 5.41) is 0. The number of carbonyl (C=O) groups excluding carboxylic acids is 1. The highest BCUT2D eigenvalue weighted by Gasteiger charge is 2.18. The lowest BCUT2D eigenvalue weighted by atomic mass is 9.94. The van der Waals surface area contributed by atoms with Gasteiger partial charge in [0.1, 0.15) is 0 Å². The molecule has 2 atom stereocenters. The van der Waals surface area contributed by atoms with Gasteiger partial charge in [0.05, 0.1) is 12.7 Å². The minimum Gasteiger partial charge on any atom is -0.466 e. The number of halogens is 1. The van der Waals surface area contributed by atoms with Crippen LogP contribution < -0.4 is 5.73 Å². The van der Waals surface area contributed by atoms with E-state index in [-0.39, 0.29) is 24.3 Å². The molecule has 0 spiro atoms. The van der Waals surface area contributed by atoms with Crippen molar-refractivity contribution in [3.63, 3.8) is 0 Å². The fourth-order valence-electron chi connectivity index (χ4n) is 2.40. The van der Waals surface area contributed by atoms with Gasteiger partial charge in [0.15, 0.2) is 0 Å². The van der Waals surface area contributed by atoms with Gasteiger partial charge >= 0.3 is 5.97 Å². The molecular formula is C14H28ClNO3.